The first-order chi connectivity index (χ1) is 10.3. The van der Waals surface area contributed by atoms with Crippen molar-refractivity contribution in [3.63, 3.8) is 0 Å². The van der Waals surface area contributed by atoms with Crippen LogP contribution in [0.25, 0.3) is 0 Å². The molecule has 0 fully saturated rings. The van der Waals surface area contributed by atoms with E-state index < -0.39 is 27.0 Å². The zero-order chi connectivity index (χ0) is 16.5. The molecule has 22 heavy (non-hydrogen) atoms. The van der Waals surface area contributed by atoms with Crippen molar-refractivity contribution in [2.24, 2.45) is 0 Å². The van der Waals surface area contributed by atoms with Gasteiger partial charge >= 0.3 is 5.69 Å². The van der Waals surface area contributed by atoms with Crippen LogP contribution in [0, 0.1) is 11.2 Å². The monoisotopic (exact) mass is 327 g/mol. The van der Waals surface area contributed by atoms with Gasteiger partial charge in [-0.3, -0.25) is 9.98 Å². The van der Waals surface area contributed by atoms with Gasteiger partial charge in [0, 0.05) is 6.54 Å². The lowest BCUT2D eigenvalue weighted by Gasteiger charge is -2.11. The van der Waals surface area contributed by atoms with E-state index in [9.17, 15) is 17.6 Å². The number of hydrogen-bond donors (Lipinski definition) is 1. The fourth-order valence-electron chi connectivity index (χ4n) is 1.89. The Hall–Kier alpha value is -2.42. The van der Waals surface area contributed by atoms with E-state index in [-0.39, 0.29) is 11.4 Å². The van der Waals surface area contributed by atoms with Crippen LogP contribution in [0.2, 0.25) is 0 Å². The lowest BCUT2D eigenvalue weighted by atomic mass is 10.3. The Balaban J connectivity index is 2.71. The summed E-state index contributed by atoms with van der Waals surface area (Å²) in [6.45, 7) is 1.50. The minimum atomic E-state index is -4.26. The number of nitrogens with zero attached hydrogens (tertiary/aromatic N) is 2. The maximum atomic E-state index is 13.7. The Morgan fingerprint density at radius 1 is 1.27 bits per heavy atom. The molecular weight excluding hydrogens is 313 g/mol. The maximum absolute atomic E-state index is 13.7. The molecule has 0 radical (unpaired) electrons. The van der Waals surface area contributed by atoms with Crippen LogP contribution in [0.15, 0.2) is 40.2 Å². The minimum Gasteiger partial charge on any atom is -0.497 e. The summed E-state index contributed by atoms with van der Waals surface area (Å²) in [5, 5.41) is 7.46. The number of methoxy groups -OCH3 is 1. The molecule has 0 spiro atoms. The van der Waals surface area contributed by atoms with Gasteiger partial charge in [0.05, 0.1) is 18.2 Å². The van der Waals surface area contributed by atoms with Crippen molar-refractivity contribution in [3.05, 3.63) is 52.3 Å². The van der Waals surface area contributed by atoms with Crippen molar-refractivity contribution < 1.29 is 17.5 Å². The number of halogens is 1. The molecule has 9 heteroatoms. The van der Waals surface area contributed by atoms with E-state index in [1.807, 2.05) is 0 Å². The van der Waals surface area contributed by atoms with Gasteiger partial charge in [0.1, 0.15) is 5.75 Å². The van der Waals surface area contributed by atoms with Gasteiger partial charge in [-0.2, -0.15) is 3.97 Å². The van der Waals surface area contributed by atoms with E-state index in [1.165, 1.54) is 38.3 Å². The molecule has 2 rings (SSSR count). The average Bonchev–Trinajstić information content (AvgIpc) is 2.51. The molecule has 1 N–H and O–H groups in total. The molecule has 0 amide bonds. The number of hydrogen-bond acceptors (Lipinski definition) is 5. The summed E-state index contributed by atoms with van der Waals surface area (Å²) in [7, 11) is -2.83. The first kappa shape index (κ1) is 16.0. The van der Waals surface area contributed by atoms with E-state index in [0.717, 1.165) is 4.57 Å². The van der Waals surface area contributed by atoms with E-state index in [1.54, 1.807) is 0 Å². The second kappa shape index (κ2) is 5.76. The molecule has 7 nitrogen and oxygen atoms in total. The Labute approximate surface area is 125 Å². The maximum Gasteiger partial charge on any atom is 0.343 e. The van der Waals surface area contributed by atoms with Crippen LogP contribution in [0.1, 0.15) is 6.92 Å². The fraction of sp³-hybridized carbons (Fsp3) is 0.231. The summed E-state index contributed by atoms with van der Waals surface area (Å²) in [4.78, 5) is 12.0. The van der Waals surface area contributed by atoms with Crippen LogP contribution in [0.3, 0.4) is 0 Å². The van der Waals surface area contributed by atoms with Crippen molar-refractivity contribution >= 4 is 10.0 Å². The Morgan fingerprint density at radius 2 is 1.86 bits per heavy atom. The van der Waals surface area contributed by atoms with Crippen molar-refractivity contribution in [1.82, 2.24) is 8.54 Å². The predicted octanol–water partition coefficient (Wildman–Crippen LogP) is 0.534. The number of aromatic nitrogens is 2. The third-order valence-corrected chi connectivity index (χ3v) is 4.73. The van der Waals surface area contributed by atoms with Crippen molar-refractivity contribution in [3.8, 4) is 5.75 Å². The quantitative estimate of drug-likeness (QED) is 0.886. The molecule has 0 aliphatic carbocycles. The SMILES string of the molecule is CCn1c(=N)c(F)cn(S(=O)(=O)c2ccc(OC)cc2)c1=O. The Bertz CT molecular complexity index is 914. The largest absolute Gasteiger partial charge is 0.497 e. The fourth-order valence-corrected chi connectivity index (χ4v) is 3.13. The van der Waals surface area contributed by atoms with Crippen LogP contribution in [0.4, 0.5) is 4.39 Å². The van der Waals surface area contributed by atoms with Crippen LogP contribution in [-0.2, 0) is 16.6 Å². The van der Waals surface area contributed by atoms with Crippen LogP contribution in [0.5, 0.6) is 5.75 Å². The highest BCUT2D eigenvalue weighted by Crippen LogP contribution is 2.17. The van der Waals surface area contributed by atoms with Crippen molar-refractivity contribution in [1.29, 1.82) is 5.41 Å². The summed E-state index contributed by atoms with van der Waals surface area (Å²) in [6, 6.07) is 5.34. The van der Waals surface area contributed by atoms with Crippen LogP contribution in [-0.4, -0.2) is 24.1 Å². The molecule has 0 bridgehead atoms. The number of rotatable bonds is 4. The third kappa shape index (κ3) is 2.54. The standard InChI is InChI=1S/C13H14FN3O4S/c1-3-16-12(15)11(14)8-17(13(16)18)22(19,20)10-6-4-9(21-2)5-7-10/h4-8,15H,3H2,1-2H3. The van der Waals surface area contributed by atoms with Gasteiger partial charge in [0.15, 0.2) is 11.3 Å². The summed E-state index contributed by atoms with van der Waals surface area (Å²) in [5.74, 6) is -0.652. The molecule has 0 aliphatic heterocycles. The van der Waals surface area contributed by atoms with Gasteiger partial charge in [-0.05, 0) is 31.2 Å². The lowest BCUT2D eigenvalue weighted by Crippen LogP contribution is -2.43. The van der Waals surface area contributed by atoms with Crippen molar-refractivity contribution in [2.75, 3.05) is 7.11 Å². The van der Waals surface area contributed by atoms with Gasteiger partial charge in [-0.15, -0.1) is 0 Å². The summed E-state index contributed by atoms with van der Waals surface area (Å²) in [6.07, 6.45) is 0.510. The Morgan fingerprint density at radius 3 is 2.36 bits per heavy atom. The van der Waals surface area contributed by atoms with E-state index in [0.29, 0.717) is 15.9 Å². The van der Waals surface area contributed by atoms with E-state index >= 15 is 0 Å². The second-order valence-corrected chi connectivity index (χ2v) is 6.14. The molecule has 2 aromatic rings. The molecule has 0 saturated heterocycles. The molecular formula is C13H14FN3O4S. The smallest absolute Gasteiger partial charge is 0.343 e. The molecule has 0 saturated carbocycles. The summed E-state index contributed by atoms with van der Waals surface area (Å²) >= 11 is 0. The highest BCUT2D eigenvalue weighted by Gasteiger charge is 2.21. The lowest BCUT2D eigenvalue weighted by molar-refractivity contribution is 0.414. The highest BCUT2D eigenvalue weighted by atomic mass is 32.2. The Kier molecular flexibility index (Phi) is 4.18. The second-order valence-electron chi connectivity index (χ2n) is 4.33. The zero-order valence-electron chi connectivity index (χ0n) is 11.9. The zero-order valence-corrected chi connectivity index (χ0v) is 12.7. The van der Waals surface area contributed by atoms with Gasteiger partial charge in [-0.1, -0.05) is 0 Å². The highest BCUT2D eigenvalue weighted by molar-refractivity contribution is 7.90. The van der Waals surface area contributed by atoms with Gasteiger partial charge in [0.2, 0.25) is 0 Å². The normalized spacial score (nSPS) is 11.4. The third-order valence-electron chi connectivity index (χ3n) is 3.08. The molecule has 1 aromatic heterocycles. The molecule has 1 aromatic carbocycles. The summed E-state index contributed by atoms with van der Waals surface area (Å²) in [5.41, 5.74) is -1.65. The molecule has 0 aliphatic rings. The van der Waals surface area contributed by atoms with Gasteiger partial charge in [-0.25, -0.2) is 17.6 Å². The first-order valence-electron chi connectivity index (χ1n) is 6.29. The number of nitrogens with one attached hydrogen (secondary N) is 1. The predicted molar refractivity (Wildman–Crippen MR) is 75.8 cm³/mol. The minimum absolute atomic E-state index is 0.0203. The van der Waals surface area contributed by atoms with Crippen LogP contribution >= 0.6 is 0 Å². The molecule has 0 unspecified atom stereocenters. The van der Waals surface area contributed by atoms with E-state index in [2.05, 4.69) is 0 Å². The van der Waals surface area contributed by atoms with Gasteiger partial charge in [0.25, 0.3) is 10.0 Å². The summed E-state index contributed by atoms with van der Waals surface area (Å²) < 4.78 is 44.6. The topological polar surface area (TPSA) is 94.2 Å². The number of benzene rings is 1. The van der Waals surface area contributed by atoms with Crippen molar-refractivity contribution in [2.45, 2.75) is 18.4 Å². The molecule has 0 atom stereocenters. The van der Waals surface area contributed by atoms with Gasteiger partial charge < -0.3 is 4.74 Å². The number of ether oxygens (including phenoxy) is 1. The molecule has 1 heterocycles. The van der Waals surface area contributed by atoms with E-state index in [4.69, 9.17) is 10.1 Å². The molecule has 118 valence electrons. The van der Waals surface area contributed by atoms with Crippen LogP contribution < -0.4 is 15.9 Å². The first-order valence-corrected chi connectivity index (χ1v) is 7.73. The average molecular weight is 327 g/mol.